The van der Waals surface area contributed by atoms with Gasteiger partial charge in [0.15, 0.2) is 0 Å². The second kappa shape index (κ2) is 27.5. The van der Waals surface area contributed by atoms with Gasteiger partial charge in [-0.15, -0.1) is 0 Å². The molecule has 2 aromatic carbocycles. The molecule has 0 N–H and O–H groups in total. The molecule has 2 rings (SSSR count). The predicted octanol–water partition coefficient (Wildman–Crippen LogP) is 14.2. The lowest BCUT2D eigenvalue weighted by Crippen LogP contribution is -2.01. The Morgan fingerprint density at radius 1 is 0.409 bits per heavy atom. The summed E-state index contributed by atoms with van der Waals surface area (Å²) in [7, 11) is 0. The van der Waals surface area contributed by atoms with Gasteiger partial charge in [-0.2, -0.15) is 0 Å². The molecular formula is C42H70O2. The summed E-state index contributed by atoms with van der Waals surface area (Å²) in [5, 5.41) is 0. The van der Waals surface area contributed by atoms with Gasteiger partial charge in [-0.1, -0.05) is 192 Å². The van der Waals surface area contributed by atoms with Gasteiger partial charge in [-0.3, -0.25) is 0 Å². The van der Waals surface area contributed by atoms with Crippen LogP contribution in [0.1, 0.15) is 187 Å². The van der Waals surface area contributed by atoms with Crippen LogP contribution in [0.15, 0.2) is 48.5 Å². The van der Waals surface area contributed by atoms with E-state index in [2.05, 4.69) is 69.3 Å². The predicted molar refractivity (Wildman–Crippen MR) is 194 cm³/mol. The van der Waals surface area contributed by atoms with Crippen LogP contribution in [0.4, 0.5) is 0 Å². The third-order valence-electron chi connectivity index (χ3n) is 9.20. The molecule has 0 amide bonds. The van der Waals surface area contributed by atoms with Gasteiger partial charge in [0.25, 0.3) is 0 Å². The van der Waals surface area contributed by atoms with Crippen LogP contribution in [0, 0.1) is 0 Å². The Hall–Kier alpha value is -1.80. The van der Waals surface area contributed by atoms with Crippen LogP contribution in [0.2, 0.25) is 0 Å². The molecule has 0 aliphatic carbocycles. The molecule has 0 saturated carbocycles. The number of ether oxygens (including phenoxy) is 2. The van der Waals surface area contributed by atoms with Crippen LogP contribution in [-0.4, -0.2) is 13.2 Å². The van der Waals surface area contributed by atoms with Crippen LogP contribution < -0.4 is 4.74 Å². The highest BCUT2D eigenvalue weighted by molar-refractivity contribution is 5.64. The van der Waals surface area contributed by atoms with Crippen molar-refractivity contribution < 1.29 is 9.47 Å². The largest absolute Gasteiger partial charge is 0.494 e. The van der Waals surface area contributed by atoms with E-state index in [1.165, 1.54) is 164 Å². The van der Waals surface area contributed by atoms with Crippen LogP contribution in [0.25, 0.3) is 11.1 Å². The molecule has 0 radical (unpaired) electrons. The van der Waals surface area contributed by atoms with Crippen molar-refractivity contribution in [2.45, 2.75) is 181 Å². The topological polar surface area (TPSA) is 18.5 Å². The van der Waals surface area contributed by atoms with E-state index < -0.39 is 0 Å². The summed E-state index contributed by atoms with van der Waals surface area (Å²) in [4.78, 5) is 0. The molecule has 0 fully saturated rings. The van der Waals surface area contributed by atoms with Gasteiger partial charge in [0.1, 0.15) is 5.75 Å². The first kappa shape index (κ1) is 38.4. The van der Waals surface area contributed by atoms with Crippen molar-refractivity contribution in [3.05, 3.63) is 54.1 Å². The van der Waals surface area contributed by atoms with Crippen LogP contribution >= 0.6 is 0 Å². The molecule has 0 saturated heterocycles. The molecule has 250 valence electrons. The fourth-order valence-corrected chi connectivity index (χ4v) is 6.12. The fourth-order valence-electron chi connectivity index (χ4n) is 6.12. The maximum absolute atomic E-state index is 6.17. The number of hydrogen-bond donors (Lipinski definition) is 0. The molecule has 0 aromatic heterocycles. The van der Waals surface area contributed by atoms with Crippen molar-refractivity contribution in [3.63, 3.8) is 0 Å². The number of unbranched alkanes of at least 4 members (excludes halogenated alkanes) is 22. The zero-order valence-electron chi connectivity index (χ0n) is 29.4. The second-order valence-corrected chi connectivity index (χ2v) is 13.3. The normalized spacial score (nSPS) is 12.1. The summed E-state index contributed by atoms with van der Waals surface area (Å²) in [6.07, 6.45) is 33.2. The quantitative estimate of drug-likeness (QED) is 0.0824. The van der Waals surface area contributed by atoms with E-state index in [-0.39, 0.29) is 6.10 Å². The van der Waals surface area contributed by atoms with E-state index in [1.807, 2.05) is 0 Å². The minimum atomic E-state index is 0.146. The molecule has 0 bridgehead atoms. The summed E-state index contributed by atoms with van der Waals surface area (Å²) < 4.78 is 12.2. The van der Waals surface area contributed by atoms with E-state index in [1.54, 1.807) is 0 Å². The molecule has 1 atom stereocenters. The lowest BCUT2D eigenvalue weighted by Gasteiger charge is -2.14. The van der Waals surface area contributed by atoms with Gasteiger partial charge in [0.2, 0.25) is 0 Å². The van der Waals surface area contributed by atoms with E-state index in [0.29, 0.717) is 0 Å². The Morgan fingerprint density at radius 2 is 0.750 bits per heavy atom. The number of benzene rings is 2. The van der Waals surface area contributed by atoms with Crippen LogP contribution in [-0.2, 0) is 4.74 Å². The summed E-state index contributed by atoms with van der Waals surface area (Å²) >= 11 is 0. The van der Waals surface area contributed by atoms with Crippen molar-refractivity contribution in [2.75, 3.05) is 13.2 Å². The maximum Gasteiger partial charge on any atom is 0.119 e. The lowest BCUT2D eigenvalue weighted by molar-refractivity contribution is 0.0627. The first-order valence-corrected chi connectivity index (χ1v) is 19.2. The summed E-state index contributed by atoms with van der Waals surface area (Å²) in [5.41, 5.74) is 3.74. The highest BCUT2D eigenvalue weighted by Crippen LogP contribution is 2.26. The minimum absolute atomic E-state index is 0.146. The Morgan fingerprint density at radius 3 is 1.16 bits per heavy atom. The van der Waals surface area contributed by atoms with Gasteiger partial charge >= 0.3 is 0 Å². The van der Waals surface area contributed by atoms with Crippen molar-refractivity contribution >= 4 is 0 Å². The Kier molecular flexibility index (Phi) is 24.0. The molecule has 0 aliphatic rings. The average Bonchev–Trinajstić information content (AvgIpc) is 3.05. The molecule has 0 heterocycles. The maximum atomic E-state index is 6.17. The monoisotopic (exact) mass is 607 g/mol. The molecular weight excluding hydrogens is 536 g/mol. The first-order valence-electron chi connectivity index (χ1n) is 19.2. The summed E-state index contributed by atoms with van der Waals surface area (Å²) in [6.45, 7) is 8.45. The van der Waals surface area contributed by atoms with E-state index in [0.717, 1.165) is 25.4 Å². The SMILES string of the molecule is CCCCCCCCCCCCCCCOC(C)c1ccc(-c2ccc(OCCCCCCCCCCCCC)cc2)cc1. The first-order chi connectivity index (χ1) is 21.7. The molecule has 1 unspecified atom stereocenters. The zero-order chi connectivity index (χ0) is 31.3. The molecule has 2 nitrogen and oxygen atoms in total. The number of hydrogen-bond acceptors (Lipinski definition) is 2. The molecule has 0 spiro atoms. The second-order valence-electron chi connectivity index (χ2n) is 13.3. The summed E-state index contributed by atoms with van der Waals surface area (Å²) in [5.74, 6) is 0.979. The number of rotatable bonds is 30. The Balaban J connectivity index is 1.48. The van der Waals surface area contributed by atoms with E-state index in [4.69, 9.17) is 9.47 Å². The Bertz CT molecular complexity index is 872. The molecule has 0 aliphatic heterocycles. The zero-order valence-corrected chi connectivity index (χ0v) is 29.4. The highest BCUT2D eigenvalue weighted by Gasteiger charge is 2.07. The molecule has 2 aromatic rings. The molecule has 44 heavy (non-hydrogen) atoms. The lowest BCUT2D eigenvalue weighted by atomic mass is 10.0. The van der Waals surface area contributed by atoms with Crippen molar-refractivity contribution in [2.24, 2.45) is 0 Å². The van der Waals surface area contributed by atoms with Crippen LogP contribution in [0.3, 0.4) is 0 Å². The third-order valence-corrected chi connectivity index (χ3v) is 9.20. The van der Waals surface area contributed by atoms with Crippen molar-refractivity contribution in [1.29, 1.82) is 0 Å². The highest BCUT2D eigenvalue weighted by atomic mass is 16.5. The average molecular weight is 607 g/mol. The van der Waals surface area contributed by atoms with Gasteiger partial charge in [-0.25, -0.2) is 0 Å². The van der Waals surface area contributed by atoms with Gasteiger partial charge in [0, 0.05) is 6.61 Å². The smallest absolute Gasteiger partial charge is 0.119 e. The van der Waals surface area contributed by atoms with Crippen molar-refractivity contribution in [1.82, 2.24) is 0 Å². The van der Waals surface area contributed by atoms with E-state index >= 15 is 0 Å². The van der Waals surface area contributed by atoms with Crippen LogP contribution in [0.5, 0.6) is 5.75 Å². The van der Waals surface area contributed by atoms with Gasteiger partial charge in [-0.05, 0) is 48.6 Å². The van der Waals surface area contributed by atoms with E-state index in [9.17, 15) is 0 Å². The van der Waals surface area contributed by atoms with Gasteiger partial charge < -0.3 is 9.47 Å². The standard InChI is InChI=1S/C42H70O2/c1-4-6-8-10-12-14-16-17-19-20-22-24-26-36-43-38(3)39-28-30-40(31-29-39)41-32-34-42(35-33-41)44-37-27-25-23-21-18-15-13-11-9-7-5-2/h28-35,38H,4-27,36-37H2,1-3H3. The van der Waals surface area contributed by atoms with Gasteiger partial charge in [0.05, 0.1) is 12.7 Å². The van der Waals surface area contributed by atoms with Crippen molar-refractivity contribution in [3.8, 4) is 16.9 Å². The fraction of sp³-hybridized carbons (Fsp3) is 0.714. The molecule has 2 heteroatoms. The minimum Gasteiger partial charge on any atom is -0.494 e. The summed E-state index contributed by atoms with van der Waals surface area (Å²) in [6, 6.07) is 17.5. The Labute approximate surface area is 274 Å². The third kappa shape index (κ3) is 19.6.